The van der Waals surface area contributed by atoms with E-state index >= 15 is 0 Å². The van der Waals surface area contributed by atoms with E-state index in [1.165, 1.54) is 0 Å². The quantitative estimate of drug-likeness (QED) is 0.681. The average molecular weight is 308 g/mol. The van der Waals surface area contributed by atoms with Gasteiger partial charge in [-0.05, 0) is 36.2 Å². The van der Waals surface area contributed by atoms with E-state index in [2.05, 4.69) is 9.88 Å². The van der Waals surface area contributed by atoms with Crippen molar-refractivity contribution in [1.82, 2.24) is 4.98 Å². The van der Waals surface area contributed by atoms with E-state index in [0.29, 0.717) is 18.9 Å². The van der Waals surface area contributed by atoms with Gasteiger partial charge in [0, 0.05) is 17.6 Å². The number of benzene rings is 1. The predicted octanol–water partition coefficient (Wildman–Crippen LogP) is 3.11. The molecule has 1 aliphatic heterocycles. The number of aromatic nitrogens is 1. The summed E-state index contributed by atoms with van der Waals surface area (Å²) < 4.78 is 11.4. The predicted molar refractivity (Wildman–Crippen MR) is 87.8 cm³/mol. The fourth-order valence-electron chi connectivity index (χ4n) is 3.00. The van der Waals surface area contributed by atoms with Crippen molar-refractivity contribution in [2.75, 3.05) is 11.6 Å². The maximum atomic E-state index is 11.9. The van der Waals surface area contributed by atoms with Crippen molar-refractivity contribution < 1.29 is 9.15 Å². The van der Waals surface area contributed by atoms with Gasteiger partial charge < -0.3 is 14.1 Å². The third kappa shape index (κ3) is 2.34. The number of fused-ring (bicyclic) bond motifs is 3. The van der Waals surface area contributed by atoms with E-state index in [-0.39, 0.29) is 5.63 Å². The molecular formula is C18H16N2O3. The largest absolute Gasteiger partial charge is 0.473 e. The van der Waals surface area contributed by atoms with Gasteiger partial charge in [0.15, 0.2) is 6.73 Å². The molecule has 1 aliphatic rings. The Kier molecular flexibility index (Phi) is 3.26. The number of pyridine rings is 1. The van der Waals surface area contributed by atoms with Gasteiger partial charge in [-0.1, -0.05) is 6.92 Å². The van der Waals surface area contributed by atoms with E-state index in [0.717, 1.165) is 34.4 Å². The monoisotopic (exact) mass is 308 g/mol. The average Bonchev–Trinajstić information content (AvgIpc) is 2.61. The van der Waals surface area contributed by atoms with Crippen LogP contribution in [0, 0.1) is 0 Å². The molecule has 3 heterocycles. The number of nitrogens with zero attached hydrogens (tertiary/aromatic N) is 2. The van der Waals surface area contributed by atoms with Gasteiger partial charge in [0.25, 0.3) is 0 Å². The van der Waals surface area contributed by atoms with Crippen LogP contribution in [0.1, 0.15) is 18.1 Å². The molecule has 116 valence electrons. The molecule has 0 aliphatic carbocycles. The minimum Gasteiger partial charge on any atom is -0.473 e. The maximum absolute atomic E-state index is 11.9. The lowest BCUT2D eigenvalue weighted by molar-refractivity contribution is 0.289. The number of ether oxygens (including phenoxy) is 1. The third-order valence-corrected chi connectivity index (χ3v) is 4.18. The van der Waals surface area contributed by atoms with Crippen LogP contribution in [-0.4, -0.2) is 11.7 Å². The SMILES string of the molecule is CCc1cc(=O)oc2c3c(ccc12)OCN(c1cccnc1)C3. The van der Waals surface area contributed by atoms with Crippen LogP contribution in [0.3, 0.4) is 0 Å². The van der Waals surface area contributed by atoms with Crippen LogP contribution in [0.5, 0.6) is 5.75 Å². The van der Waals surface area contributed by atoms with Crippen LogP contribution in [0.25, 0.3) is 11.0 Å². The number of hydrogen-bond donors (Lipinski definition) is 0. The van der Waals surface area contributed by atoms with Gasteiger partial charge in [-0.15, -0.1) is 0 Å². The van der Waals surface area contributed by atoms with Crippen LogP contribution in [0.4, 0.5) is 5.69 Å². The molecule has 5 nitrogen and oxygen atoms in total. The van der Waals surface area contributed by atoms with Crippen molar-refractivity contribution in [3.05, 3.63) is 64.3 Å². The number of hydrogen-bond acceptors (Lipinski definition) is 5. The second-order valence-electron chi connectivity index (χ2n) is 5.55. The van der Waals surface area contributed by atoms with Gasteiger partial charge >= 0.3 is 5.63 Å². The normalized spacial score (nSPS) is 13.7. The molecule has 2 aromatic heterocycles. The molecule has 4 rings (SSSR count). The first kappa shape index (κ1) is 13.8. The number of rotatable bonds is 2. The van der Waals surface area contributed by atoms with Crippen molar-refractivity contribution in [2.24, 2.45) is 0 Å². The molecule has 0 fully saturated rings. The summed E-state index contributed by atoms with van der Waals surface area (Å²) >= 11 is 0. The maximum Gasteiger partial charge on any atom is 0.336 e. The zero-order chi connectivity index (χ0) is 15.8. The zero-order valence-corrected chi connectivity index (χ0v) is 12.8. The lowest BCUT2D eigenvalue weighted by Crippen LogP contribution is -2.32. The van der Waals surface area contributed by atoms with Crippen LogP contribution in [0.15, 0.2) is 51.9 Å². The molecular weight excluding hydrogens is 292 g/mol. The molecule has 0 saturated heterocycles. The minimum absolute atomic E-state index is 0.318. The van der Waals surface area contributed by atoms with Crippen molar-refractivity contribution in [1.29, 1.82) is 0 Å². The Morgan fingerprint density at radius 2 is 2.22 bits per heavy atom. The van der Waals surface area contributed by atoms with Crippen molar-refractivity contribution in [3.63, 3.8) is 0 Å². The van der Waals surface area contributed by atoms with E-state index < -0.39 is 0 Å². The summed E-state index contributed by atoms with van der Waals surface area (Å²) in [7, 11) is 0. The first-order valence-corrected chi connectivity index (χ1v) is 7.62. The van der Waals surface area contributed by atoms with Crippen molar-refractivity contribution in [3.8, 4) is 5.75 Å². The van der Waals surface area contributed by atoms with E-state index in [1.54, 1.807) is 18.5 Å². The molecule has 0 unspecified atom stereocenters. The van der Waals surface area contributed by atoms with Gasteiger partial charge in [-0.2, -0.15) is 0 Å². The molecule has 3 aromatic rings. The molecule has 23 heavy (non-hydrogen) atoms. The first-order valence-electron chi connectivity index (χ1n) is 7.62. The van der Waals surface area contributed by atoms with Crippen molar-refractivity contribution in [2.45, 2.75) is 19.9 Å². The Hall–Kier alpha value is -2.82. The molecule has 0 amide bonds. The van der Waals surface area contributed by atoms with Gasteiger partial charge in [-0.25, -0.2) is 4.79 Å². The molecule has 0 radical (unpaired) electrons. The minimum atomic E-state index is -0.318. The molecule has 0 saturated carbocycles. The van der Waals surface area contributed by atoms with E-state index in [9.17, 15) is 4.79 Å². The summed E-state index contributed by atoms with van der Waals surface area (Å²) in [4.78, 5) is 18.1. The molecule has 0 spiro atoms. The highest BCUT2D eigenvalue weighted by Gasteiger charge is 2.22. The van der Waals surface area contributed by atoms with Crippen molar-refractivity contribution >= 4 is 16.7 Å². The summed E-state index contributed by atoms with van der Waals surface area (Å²) in [5, 5.41) is 0.975. The Morgan fingerprint density at radius 1 is 1.30 bits per heavy atom. The Balaban J connectivity index is 1.86. The lowest BCUT2D eigenvalue weighted by atomic mass is 10.0. The fourth-order valence-corrected chi connectivity index (χ4v) is 3.00. The number of aryl methyl sites for hydroxylation is 1. The topological polar surface area (TPSA) is 55.6 Å². The first-order chi connectivity index (χ1) is 11.3. The number of anilines is 1. The summed E-state index contributed by atoms with van der Waals surface area (Å²) in [5.41, 5.74) is 3.19. The molecule has 1 aromatic carbocycles. The molecule has 0 bridgehead atoms. The summed E-state index contributed by atoms with van der Waals surface area (Å²) in [6.45, 7) is 3.10. The highest BCUT2D eigenvalue weighted by Crippen LogP contribution is 2.34. The summed E-state index contributed by atoms with van der Waals surface area (Å²) in [6.07, 6.45) is 4.32. The van der Waals surface area contributed by atoms with Crippen LogP contribution < -0.4 is 15.3 Å². The van der Waals surface area contributed by atoms with Gasteiger partial charge in [0.2, 0.25) is 0 Å². The van der Waals surface area contributed by atoms with Gasteiger partial charge in [-0.3, -0.25) is 4.98 Å². The van der Waals surface area contributed by atoms with E-state index in [1.807, 2.05) is 31.2 Å². The Labute approximate surface area is 133 Å². The smallest absolute Gasteiger partial charge is 0.336 e. The van der Waals surface area contributed by atoms with Gasteiger partial charge in [0.1, 0.15) is 11.3 Å². The van der Waals surface area contributed by atoms with E-state index in [4.69, 9.17) is 9.15 Å². The molecule has 0 N–H and O–H groups in total. The lowest BCUT2D eigenvalue weighted by Gasteiger charge is -2.30. The zero-order valence-electron chi connectivity index (χ0n) is 12.8. The summed E-state index contributed by atoms with van der Waals surface area (Å²) in [5.74, 6) is 0.772. The summed E-state index contributed by atoms with van der Waals surface area (Å²) in [6, 6.07) is 9.37. The Morgan fingerprint density at radius 3 is 3.00 bits per heavy atom. The van der Waals surface area contributed by atoms with Crippen LogP contribution >= 0.6 is 0 Å². The molecule has 5 heteroatoms. The van der Waals surface area contributed by atoms with Gasteiger partial charge in [0.05, 0.1) is 24.0 Å². The fraction of sp³-hybridized carbons (Fsp3) is 0.222. The third-order valence-electron chi connectivity index (χ3n) is 4.18. The molecule has 0 atom stereocenters. The standard InChI is InChI=1S/C18H16N2O3/c1-2-12-8-17(21)23-18-14(12)5-6-16-15(18)10-20(11-22-16)13-4-3-7-19-9-13/h3-9H,2,10-11H2,1H3. The van der Waals surface area contributed by atoms with Crippen LogP contribution in [-0.2, 0) is 13.0 Å². The highest BCUT2D eigenvalue weighted by molar-refractivity contribution is 5.85. The van der Waals surface area contributed by atoms with Crippen LogP contribution in [0.2, 0.25) is 0 Å². The Bertz CT molecular complexity index is 919. The second-order valence-corrected chi connectivity index (χ2v) is 5.55. The highest BCUT2D eigenvalue weighted by atomic mass is 16.5. The second kappa shape index (κ2) is 5.43.